The molecule has 4 unspecified atom stereocenters. The third-order valence-corrected chi connectivity index (χ3v) is 5.48. The van der Waals surface area contributed by atoms with Gasteiger partial charge in [-0.2, -0.15) is 8.42 Å². The van der Waals surface area contributed by atoms with E-state index in [1.165, 1.54) is 0 Å². The number of amides is 5. The second-order valence-electron chi connectivity index (χ2n) is 7.13. The Balaban J connectivity index is 0.0000122. The van der Waals surface area contributed by atoms with E-state index in [0.29, 0.717) is 0 Å². The molecule has 0 aromatic carbocycles. The van der Waals surface area contributed by atoms with Crippen molar-refractivity contribution < 1.29 is 86.6 Å². The zero-order chi connectivity index (χ0) is 27.1. The number of nitrogens with two attached hydrogens (primary N) is 1. The normalized spacial score (nSPS) is 18.0. The number of ether oxygens (including phenoxy) is 1. The number of carbonyl (C=O) groups is 5. The maximum atomic E-state index is 12.6. The molecule has 7 N–H and O–H groups in total. The zero-order valence-electron chi connectivity index (χ0n) is 19.5. The standard InChI is InChI=1S/C16H26N6O12S.Na/c1-7(12(26)20-8-4-22(15(8)29)35(31,32)33)19-13(27)9(6-34-16(17)30)21(2)11(25)3-18-14(28)10(24)5-23;/h7-10,23-24H,3-6H2,1-2H3,(H2,17,30)(H,18,28)(H,19,27)(H,20,26)(H,31,32,33);/q;+1/p-1. The van der Waals surface area contributed by atoms with E-state index in [1.54, 1.807) is 0 Å². The molecule has 5 amide bonds. The molecule has 1 aliphatic rings. The van der Waals surface area contributed by atoms with Crippen molar-refractivity contribution in [2.45, 2.75) is 31.2 Å². The second-order valence-corrected chi connectivity index (χ2v) is 8.46. The van der Waals surface area contributed by atoms with E-state index in [0.717, 1.165) is 18.9 Å². The Labute approximate surface area is 227 Å². The largest absolute Gasteiger partial charge is 1.00 e. The number of aliphatic imine (C=N–C) groups is 1. The van der Waals surface area contributed by atoms with Gasteiger partial charge in [0.15, 0.2) is 6.10 Å². The summed E-state index contributed by atoms with van der Waals surface area (Å²) in [4.78, 5) is 63.3. The smallest absolute Gasteiger partial charge is 0.861 e. The fraction of sp³-hybridized carbons (Fsp3) is 0.625. The number of aliphatic hydroxyl groups excluding tert-OH is 2. The molecule has 0 aromatic heterocycles. The number of likely N-dealkylation sites (N-methyl/N-ethyl adjacent to an activating group) is 1. The monoisotopic (exact) mass is 548 g/mol. The summed E-state index contributed by atoms with van der Waals surface area (Å²) < 4.78 is 35.3. The van der Waals surface area contributed by atoms with Crippen molar-refractivity contribution in [3.63, 3.8) is 0 Å². The van der Waals surface area contributed by atoms with Gasteiger partial charge in [-0.05, 0) is 12.8 Å². The third-order valence-electron chi connectivity index (χ3n) is 4.60. The Kier molecular flexibility index (Phi) is 13.2. The van der Waals surface area contributed by atoms with Crippen molar-refractivity contribution in [1.29, 1.82) is 0 Å². The van der Waals surface area contributed by atoms with Crippen LogP contribution < -0.4 is 51.0 Å². The van der Waals surface area contributed by atoms with E-state index < -0.39 is 96.5 Å². The van der Waals surface area contributed by atoms with Gasteiger partial charge in [0, 0.05) is 7.05 Å². The Morgan fingerprint density at radius 3 is 2.39 bits per heavy atom. The number of hydrogen-bond donors (Lipinski definition) is 6. The van der Waals surface area contributed by atoms with Gasteiger partial charge in [0.25, 0.3) is 11.8 Å². The van der Waals surface area contributed by atoms with Gasteiger partial charge < -0.3 is 41.3 Å². The molecule has 36 heavy (non-hydrogen) atoms. The molecule has 0 aliphatic carbocycles. The van der Waals surface area contributed by atoms with E-state index in [4.69, 9.17) is 15.4 Å². The fourth-order valence-corrected chi connectivity index (χ4v) is 3.18. The molecular weight excluding hydrogens is 523 g/mol. The summed E-state index contributed by atoms with van der Waals surface area (Å²) in [7, 11) is -3.68. The maximum absolute atomic E-state index is 12.6. The van der Waals surface area contributed by atoms with Crippen LogP contribution in [-0.4, -0.2) is 126 Å². The molecule has 20 heteroatoms. The van der Waals surface area contributed by atoms with Crippen molar-refractivity contribution in [2.75, 3.05) is 33.4 Å². The Hall–Kier alpha value is -2.55. The van der Waals surface area contributed by atoms with Gasteiger partial charge in [0.2, 0.25) is 11.8 Å². The second kappa shape index (κ2) is 14.3. The van der Waals surface area contributed by atoms with Gasteiger partial charge >= 0.3 is 46.0 Å². The van der Waals surface area contributed by atoms with Gasteiger partial charge in [0.1, 0.15) is 18.7 Å². The maximum Gasteiger partial charge on any atom is 1.00 e. The first-order chi connectivity index (χ1) is 16.1. The van der Waals surface area contributed by atoms with Crippen LogP contribution in [0.2, 0.25) is 0 Å². The molecule has 4 atom stereocenters. The van der Waals surface area contributed by atoms with E-state index >= 15 is 0 Å². The summed E-state index contributed by atoms with van der Waals surface area (Å²) in [6.45, 7) is -1.78. The molecule has 1 saturated heterocycles. The Bertz CT molecular complexity index is 992. The zero-order valence-corrected chi connectivity index (χ0v) is 22.3. The van der Waals surface area contributed by atoms with Crippen LogP contribution in [0.1, 0.15) is 6.92 Å². The minimum atomic E-state index is -4.78. The topological polar surface area (TPSA) is 281 Å². The number of carbonyl (C=O) groups excluding carboxylic acids is 5. The predicted octanol–water partition coefficient (Wildman–Crippen LogP) is -9.34. The van der Waals surface area contributed by atoms with Crippen LogP contribution in [0.5, 0.6) is 0 Å². The number of nitrogens with one attached hydrogen (secondary N) is 2. The number of aliphatic hydroxyl groups is 2. The summed E-state index contributed by atoms with van der Waals surface area (Å²) in [5.74, 6) is -5.18. The van der Waals surface area contributed by atoms with Gasteiger partial charge in [-0.1, -0.05) is 0 Å². The first-order valence-electron chi connectivity index (χ1n) is 9.68. The number of primary amides is 1. The average molecular weight is 548 g/mol. The van der Waals surface area contributed by atoms with Crippen LogP contribution in [-0.2, 0) is 34.2 Å². The average Bonchev–Trinajstić information content (AvgIpc) is 2.77. The first kappa shape index (κ1) is 33.4. The SMILES string of the molecule is CC(NC(=O)C(COC(N)=O)N(C)C(=O)CNC(=O)C(O)CO)C([O-])=NC1CN(S(=O)(=O)O)C1=O.[Na+]. The van der Waals surface area contributed by atoms with Gasteiger partial charge in [0.05, 0.1) is 25.7 Å². The van der Waals surface area contributed by atoms with Crippen LogP contribution >= 0.6 is 0 Å². The van der Waals surface area contributed by atoms with Crippen molar-refractivity contribution in [3.8, 4) is 0 Å². The van der Waals surface area contributed by atoms with Gasteiger partial charge in [-0.3, -0.25) is 28.7 Å². The van der Waals surface area contributed by atoms with E-state index in [1.807, 2.05) is 5.32 Å². The molecule has 0 bridgehead atoms. The van der Waals surface area contributed by atoms with E-state index in [9.17, 15) is 42.6 Å². The molecule has 18 nitrogen and oxygen atoms in total. The van der Waals surface area contributed by atoms with Crippen molar-refractivity contribution in [2.24, 2.45) is 10.7 Å². The third kappa shape index (κ3) is 9.48. The number of rotatable bonds is 12. The van der Waals surface area contributed by atoms with E-state index in [-0.39, 0.29) is 33.9 Å². The summed E-state index contributed by atoms with van der Waals surface area (Å²) in [5, 5.41) is 34.3. The molecule has 0 spiro atoms. The van der Waals surface area contributed by atoms with Gasteiger partial charge in [-0.15, -0.1) is 0 Å². The summed E-state index contributed by atoms with van der Waals surface area (Å²) >= 11 is 0. The number of nitrogens with zero attached hydrogens (tertiary/aromatic N) is 3. The summed E-state index contributed by atoms with van der Waals surface area (Å²) in [6, 6.07) is -4.32. The van der Waals surface area contributed by atoms with Crippen LogP contribution in [0.3, 0.4) is 0 Å². The molecule has 0 saturated carbocycles. The van der Waals surface area contributed by atoms with E-state index in [2.05, 4.69) is 15.0 Å². The molecule has 1 aliphatic heterocycles. The fourth-order valence-electron chi connectivity index (χ4n) is 2.51. The molecule has 1 fully saturated rings. The molecular formula is C16H25N6NaO12S. The summed E-state index contributed by atoms with van der Waals surface area (Å²) in [5.41, 5.74) is 4.87. The van der Waals surface area contributed by atoms with Crippen molar-refractivity contribution in [1.82, 2.24) is 19.8 Å². The van der Waals surface area contributed by atoms with Crippen molar-refractivity contribution >= 4 is 45.9 Å². The molecule has 1 heterocycles. The van der Waals surface area contributed by atoms with Crippen LogP contribution in [0.4, 0.5) is 4.79 Å². The Morgan fingerprint density at radius 1 is 1.33 bits per heavy atom. The molecule has 0 radical (unpaired) electrons. The van der Waals surface area contributed by atoms with Crippen molar-refractivity contribution in [3.05, 3.63) is 0 Å². The number of hydrogen-bond acceptors (Lipinski definition) is 12. The quantitative estimate of drug-likeness (QED) is 0.0436. The van der Waals surface area contributed by atoms with Crippen LogP contribution in [0, 0.1) is 0 Å². The van der Waals surface area contributed by atoms with Crippen LogP contribution in [0.15, 0.2) is 4.99 Å². The van der Waals surface area contributed by atoms with Gasteiger partial charge in [-0.25, -0.2) is 9.10 Å². The number of β-lactam (4-membered cyclic amide) rings is 1. The molecule has 198 valence electrons. The minimum Gasteiger partial charge on any atom is -0.861 e. The Morgan fingerprint density at radius 2 is 1.92 bits per heavy atom. The molecule has 1 rings (SSSR count). The molecule has 0 aromatic rings. The van der Waals surface area contributed by atoms with Crippen LogP contribution in [0.25, 0.3) is 0 Å². The predicted molar refractivity (Wildman–Crippen MR) is 110 cm³/mol. The summed E-state index contributed by atoms with van der Waals surface area (Å²) in [6.07, 6.45) is -3.07. The first-order valence-corrected chi connectivity index (χ1v) is 11.1. The minimum absolute atomic E-state index is 0.